The Morgan fingerprint density at radius 2 is 1.94 bits per heavy atom. The molecule has 2 aliphatic rings. The number of hydrogen-bond donors (Lipinski definition) is 2. The quantitative estimate of drug-likeness (QED) is 0.769. The van der Waals surface area contributed by atoms with E-state index in [2.05, 4.69) is 15.8 Å². The molecule has 2 N–H and O–H groups in total. The largest absolute Gasteiger partial charge is 0.384 e. The van der Waals surface area contributed by atoms with Gasteiger partial charge in [0.15, 0.2) is 0 Å². The molecule has 1 amide bonds. The second-order valence-electron chi connectivity index (χ2n) is 5.45. The number of methoxy groups -OCH3 is 1. The van der Waals surface area contributed by atoms with Gasteiger partial charge < -0.3 is 10.1 Å². The van der Waals surface area contributed by atoms with Crippen LogP contribution in [-0.4, -0.2) is 50.8 Å². The van der Waals surface area contributed by atoms with Gasteiger partial charge in [-0.1, -0.05) is 6.42 Å². The fraction of sp³-hybridized carbons (Fsp3) is 0.923. The van der Waals surface area contributed by atoms with E-state index in [0.29, 0.717) is 6.61 Å². The molecule has 0 spiro atoms. The van der Waals surface area contributed by atoms with Gasteiger partial charge in [0.2, 0.25) is 5.91 Å². The Morgan fingerprint density at radius 1 is 1.28 bits per heavy atom. The normalized spacial score (nSPS) is 24.7. The third-order valence-electron chi connectivity index (χ3n) is 4.08. The molecule has 104 valence electrons. The van der Waals surface area contributed by atoms with E-state index in [-0.39, 0.29) is 11.3 Å². The summed E-state index contributed by atoms with van der Waals surface area (Å²) in [4.78, 5) is 12.5. The number of nitrogens with zero attached hydrogens (tertiary/aromatic N) is 1. The summed E-state index contributed by atoms with van der Waals surface area (Å²) in [6, 6.07) is 0. The third-order valence-corrected chi connectivity index (χ3v) is 4.08. The second kappa shape index (κ2) is 6.50. The van der Waals surface area contributed by atoms with Crippen LogP contribution in [0.5, 0.6) is 0 Å². The zero-order valence-corrected chi connectivity index (χ0v) is 11.3. The molecule has 0 unspecified atom stereocenters. The number of nitrogens with one attached hydrogen (secondary N) is 2. The van der Waals surface area contributed by atoms with Gasteiger partial charge in [0.05, 0.1) is 12.0 Å². The highest BCUT2D eigenvalue weighted by Gasteiger charge is 2.40. The van der Waals surface area contributed by atoms with Crippen LogP contribution in [-0.2, 0) is 9.53 Å². The van der Waals surface area contributed by atoms with Gasteiger partial charge in [0.25, 0.3) is 0 Å². The Bertz CT molecular complexity index is 266. The molecular formula is C13H25N3O2. The van der Waals surface area contributed by atoms with Gasteiger partial charge in [-0.15, -0.1) is 0 Å². The molecule has 5 nitrogen and oxygen atoms in total. The first-order valence-corrected chi connectivity index (χ1v) is 7.02. The summed E-state index contributed by atoms with van der Waals surface area (Å²) in [6.45, 7) is 4.28. The number of hydrogen-bond acceptors (Lipinski definition) is 4. The molecule has 0 aromatic rings. The van der Waals surface area contributed by atoms with Gasteiger partial charge in [0.1, 0.15) is 0 Å². The van der Waals surface area contributed by atoms with Crippen molar-refractivity contribution in [3.8, 4) is 0 Å². The summed E-state index contributed by atoms with van der Waals surface area (Å²) >= 11 is 0. The first-order valence-electron chi connectivity index (χ1n) is 7.02. The van der Waals surface area contributed by atoms with Crippen molar-refractivity contribution < 1.29 is 9.53 Å². The Balaban J connectivity index is 1.94. The van der Waals surface area contributed by atoms with E-state index in [9.17, 15) is 4.79 Å². The number of piperidine rings is 2. The van der Waals surface area contributed by atoms with Gasteiger partial charge >= 0.3 is 0 Å². The molecule has 0 aromatic heterocycles. The van der Waals surface area contributed by atoms with Crippen molar-refractivity contribution in [2.24, 2.45) is 5.41 Å². The van der Waals surface area contributed by atoms with Crippen LogP contribution in [0.25, 0.3) is 0 Å². The van der Waals surface area contributed by atoms with Crippen molar-refractivity contribution in [2.45, 2.75) is 32.1 Å². The number of amides is 1. The zero-order valence-electron chi connectivity index (χ0n) is 11.3. The topological polar surface area (TPSA) is 53.6 Å². The minimum atomic E-state index is -0.336. The molecule has 0 bridgehead atoms. The first-order chi connectivity index (χ1) is 8.77. The van der Waals surface area contributed by atoms with Crippen LogP contribution in [0.4, 0.5) is 0 Å². The summed E-state index contributed by atoms with van der Waals surface area (Å²) in [5.74, 6) is 0.146. The van der Waals surface area contributed by atoms with Crippen LogP contribution >= 0.6 is 0 Å². The lowest BCUT2D eigenvalue weighted by Crippen LogP contribution is -2.55. The highest BCUT2D eigenvalue weighted by Crippen LogP contribution is 2.29. The lowest BCUT2D eigenvalue weighted by atomic mass is 9.79. The van der Waals surface area contributed by atoms with Crippen LogP contribution in [0.3, 0.4) is 0 Å². The fourth-order valence-electron chi connectivity index (χ4n) is 2.89. The third kappa shape index (κ3) is 3.22. The van der Waals surface area contributed by atoms with E-state index >= 15 is 0 Å². The standard InChI is InChI=1S/C13H25N3O2/c1-18-11-13(5-7-14-8-6-13)12(17)15-16-9-3-2-4-10-16/h14H,2-11H2,1H3,(H,15,17). The van der Waals surface area contributed by atoms with E-state index in [1.54, 1.807) is 7.11 Å². The summed E-state index contributed by atoms with van der Waals surface area (Å²) in [6.07, 6.45) is 5.36. The lowest BCUT2D eigenvalue weighted by molar-refractivity contribution is -0.142. The summed E-state index contributed by atoms with van der Waals surface area (Å²) in [5.41, 5.74) is 2.76. The Hall–Kier alpha value is -0.650. The fourth-order valence-corrected chi connectivity index (χ4v) is 2.89. The van der Waals surface area contributed by atoms with Gasteiger partial charge in [-0.25, -0.2) is 5.01 Å². The maximum absolute atomic E-state index is 12.5. The molecule has 2 rings (SSSR count). The van der Waals surface area contributed by atoms with E-state index < -0.39 is 0 Å². The van der Waals surface area contributed by atoms with Crippen molar-refractivity contribution in [1.82, 2.24) is 15.8 Å². The summed E-state index contributed by atoms with van der Waals surface area (Å²) in [5, 5.41) is 5.38. The smallest absolute Gasteiger partial charge is 0.242 e. The van der Waals surface area contributed by atoms with Crippen LogP contribution in [0, 0.1) is 5.41 Å². The molecule has 5 heteroatoms. The summed E-state index contributed by atoms with van der Waals surface area (Å²) in [7, 11) is 1.68. The first kappa shape index (κ1) is 13.8. The monoisotopic (exact) mass is 255 g/mol. The minimum absolute atomic E-state index is 0.146. The number of carbonyl (C=O) groups is 1. The minimum Gasteiger partial charge on any atom is -0.384 e. The highest BCUT2D eigenvalue weighted by atomic mass is 16.5. The van der Waals surface area contributed by atoms with Gasteiger partial charge in [-0.05, 0) is 38.8 Å². The Labute approximate surface area is 109 Å². The average molecular weight is 255 g/mol. The average Bonchev–Trinajstić information content (AvgIpc) is 2.41. The van der Waals surface area contributed by atoms with Crippen LogP contribution in [0.2, 0.25) is 0 Å². The van der Waals surface area contributed by atoms with E-state index in [1.807, 2.05) is 0 Å². The molecule has 0 aromatic carbocycles. The highest BCUT2D eigenvalue weighted by molar-refractivity contribution is 5.82. The lowest BCUT2D eigenvalue weighted by Gasteiger charge is -2.38. The maximum atomic E-state index is 12.5. The molecule has 2 saturated heterocycles. The molecule has 2 heterocycles. The van der Waals surface area contributed by atoms with Gasteiger partial charge in [-0.3, -0.25) is 10.2 Å². The molecule has 2 fully saturated rings. The molecule has 0 radical (unpaired) electrons. The van der Waals surface area contributed by atoms with Gasteiger partial charge in [0, 0.05) is 20.2 Å². The molecular weight excluding hydrogens is 230 g/mol. The molecule has 2 aliphatic heterocycles. The number of hydrazine groups is 1. The molecule has 0 saturated carbocycles. The van der Waals surface area contributed by atoms with Gasteiger partial charge in [-0.2, -0.15) is 0 Å². The Morgan fingerprint density at radius 3 is 2.56 bits per heavy atom. The Kier molecular flexibility index (Phi) is 4.97. The van der Waals surface area contributed by atoms with Crippen LogP contribution < -0.4 is 10.7 Å². The second-order valence-corrected chi connectivity index (χ2v) is 5.45. The van der Waals surface area contributed by atoms with E-state index in [4.69, 9.17) is 4.74 Å². The number of carbonyl (C=O) groups excluding carboxylic acids is 1. The predicted molar refractivity (Wildman–Crippen MR) is 70.0 cm³/mol. The van der Waals surface area contributed by atoms with Crippen LogP contribution in [0.15, 0.2) is 0 Å². The maximum Gasteiger partial charge on any atom is 0.242 e. The van der Waals surface area contributed by atoms with E-state index in [1.165, 1.54) is 19.3 Å². The van der Waals surface area contributed by atoms with Crippen molar-refractivity contribution in [3.63, 3.8) is 0 Å². The summed E-state index contributed by atoms with van der Waals surface area (Å²) < 4.78 is 5.29. The van der Waals surface area contributed by atoms with Crippen molar-refractivity contribution in [1.29, 1.82) is 0 Å². The van der Waals surface area contributed by atoms with E-state index in [0.717, 1.165) is 39.0 Å². The van der Waals surface area contributed by atoms with Crippen molar-refractivity contribution >= 4 is 5.91 Å². The predicted octanol–water partition coefficient (Wildman–Crippen LogP) is 0.520. The molecule has 0 atom stereocenters. The van der Waals surface area contributed by atoms with Crippen LogP contribution in [0.1, 0.15) is 32.1 Å². The molecule has 0 aliphatic carbocycles. The van der Waals surface area contributed by atoms with Crippen molar-refractivity contribution in [2.75, 3.05) is 39.9 Å². The SMILES string of the molecule is COCC1(C(=O)NN2CCCCC2)CCNCC1. The number of rotatable bonds is 4. The zero-order chi connectivity index (χ0) is 12.8. The van der Waals surface area contributed by atoms with Crippen molar-refractivity contribution in [3.05, 3.63) is 0 Å². The number of ether oxygens (including phenoxy) is 1. The molecule has 18 heavy (non-hydrogen) atoms.